The van der Waals surface area contributed by atoms with E-state index in [1.165, 1.54) is 6.07 Å². The fourth-order valence-corrected chi connectivity index (χ4v) is 2.74. The second kappa shape index (κ2) is 7.38. The topological polar surface area (TPSA) is 18.5 Å². The zero-order chi connectivity index (χ0) is 19.7. The van der Waals surface area contributed by atoms with Crippen molar-refractivity contribution < 1.29 is 35.8 Å². The zero-order valence-electron chi connectivity index (χ0n) is 13.8. The largest absolute Gasteiger partial charge is 0.494 e. The molecule has 0 N–H and O–H groups in total. The van der Waals surface area contributed by atoms with Crippen molar-refractivity contribution in [2.45, 2.75) is 13.5 Å². The third-order valence-corrected chi connectivity index (χ3v) is 3.81. The Hall–Kier alpha value is -2.90. The Morgan fingerprint density at radius 1 is 0.889 bits per heavy atom. The van der Waals surface area contributed by atoms with Gasteiger partial charge in [0.25, 0.3) is 0 Å². The van der Waals surface area contributed by atoms with Crippen molar-refractivity contribution in [3.63, 3.8) is 0 Å². The van der Waals surface area contributed by atoms with Gasteiger partial charge in [-0.2, -0.15) is 8.78 Å². The molecule has 0 radical (unpaired) electrons. The number of hydrogen-bond donors (Lipinski definition) is 0. The minimum absolute atomic E-state index is 0.00270. The summed E-state index contributed by atoms with van der Waals surface area (Å²) >= 11 is 0. The average Bonchev–Trinajstić information content (AvgIpc) is 2.58. The summed E-state index contributed by atoms with van der Waals surface area (Å²) in [6, 6.07) is 6.18. The molecule has 0 fully saturated rings. The molecule has 3 aromatic rings. The zero-order valence-corrected chi connectivity index (χ0v) is 13.8. The third kappa shape index (κ3) is 3.65. The minimum Gasteiger partial charge on any atom is -0.494 e. The van der Waals surface area contributed by atoms with Gasteiger partial charge in [0.05, 0.1) is 12.2 Å². The van der Waals surface area contributed by atoms with Crippen LogP contribution in [0.15, 0.2) is 36.4 Å². The van der Waals surface area contributed by atoms with Crippen molar-refractivity contribution in [3.8, 4) is 22.6 Å². The third-order valence-electron chi connectivity index (χ3n) is 3.81. The van der Waals surface area contributed by atoms with Gasteiger partial charge < -0.3 is 9.47 Å². The van der Waals surface area contributed by atoms with Crippen LogP contribution in [0.3, 0.4) is 0 Å². The molecule has 0 bridgehead atoms. The molecule has 3 aromatic carbocycles. The molecule has 0 saturated carbocycles. The SMILES string of the molecule is CCOc1cc(F)c(-c2ccc3c(F)c(OC(F)F)c(F)cc3c2)c(F)c1. The molecule has 142 valence electrons. The van der Waals surface area contributed by atoms with Gasteiger partial charge in [-0.1, -0.05) is 12.1 Å². The first-order valence-electron chi connectivity index (χ1n) is 7.80. The van der Waals surface area contributed by atoms with E-state index in [-0.39, 0.29) is 28.7 Å². The van der Waals surface area contributed by atoms with Crippen molar-refractivity contribution in [3.05, 3.63) is 59.7 Å². The van der Waals surface area contributed by atoms with Gasteiger partial charge in [-0.3, -0.25) is 0 Å². The normalized spacial score (nSPS) is 11.3. The number of rotatable bonds is 5. The molecule has 0 aliphatic rings. The molecule has 2 nitrogen and oxygen atoms in total. The molecule has 8 heteroatoms. The minimum atomic E-state index is -3.40. The van der Waals surface area contributed by atoms with Crippen LogP contribution < -0.4 is 9.47 Å². The highest BCUT2D eigenvalue weighted by atomic mass is 19.3. The molecular formula is C19H12F6O2. The summed E-state index contributed by atoms with van der Waals surface area (Å²) in [7, 11) is 0. The molecule has 0 heterocycles. The van der Waals surface area contributed by atoms with E-state index in [0.29, 0.717) is 0 Å². The quantitative estimate of drug-likeness (QED) is 0.496. The van der Waals surface area contributed by atoms with Gasteiger partial charge in [0, 0.05) is 17.5 Å². The van der Waals surface area contributed by atoms with E-state index < -0.39 is 41.2 Å². The summed E-state index contributed by atoms with van der Waals surface area (Å²) < 4.78 is 90.3. The fourth-order valence-electron chi connectivity index (χ4n) is 2.74. The lowest BCUT2D eigenvalue weighted by molar-refractivity contribution is -0.0544. The molecule has 0 unspecified atom stereocenters. The van der Waals surface area contributed by atoms with E-state index in [1.807, 2.05) is 0 Å². The van der Waals surface area contributed by atoms with E-state index in [9.17, 15) is 26.3 Å². The van der Waals surface area contributed by atoms with Gasteiger partial charge >= 0.3 is 6.61 Å². The molecular weight excluding hydrogens is 374 g/mol. The van der Waals surface area contributed by atoms with E-state index >= 15 is 0 Å². The van der Waals surface area contributed by atoms with Crippen LogP contribution in [0.4, 0.5) is 26.3 Å². The molecule has 0 aliphatic carbocycles. The first-order chi connectivity index (χ1) is 12.8. The standard InChI is InChI=1S/C19H12F6O2/c1-2-26-11-7-13(20)16(14(21)8-11)9-3-4-12-10(5-9)6-15(22)18(17(12)23)27-19(24)25/h3-8,19H,2H2,1H3. The monoisotopic (exact) mass is 386 g/mol. The second-order valence-electron chi connectivity index (χ2n) is 5.51. The molecule has 0 amide bonds. The highest BCUT2D eigenvalue weighted by molar-refractivity contribution is 5.89. The summed E-state index contributed by atoms with van der Waals surface area (Å²) in [5.41, 5.74) is -0.393. The average molecular weight is 386 g/mol. The Morgan fingerprint density at radius 2 is 1.56 bits per heavy atom. The Morgan fingerprint density at radius 3 is 2.15 bits per heavy atom. The van der Waals surface area contributed by atoms with Crippen LogP contribution in [0, 0.1) is 23.3 Å². The smallest absolute Gasteiger partial charge is 0.387 e. The number of fused-ring (bicyclic) bond motifs is 1. The maximum absolute atomic E-state index is 14.3. The number of alkyl halides is 2. The summed E-state index contributed by atoms with van der Waals surface area (Å²) in [6.07, 6.45) is 0. The van der Waals surface area contributed by atoms with Gasteiger partial charge in [-0.25, -0.2) is 17.6 Å². The second-order valence-corrected chi connectivity index (χ2v) is 5.51. The lowest BCUT2D eigenvalue weighted by atomic mass is 9.99. The first kappa shape index (κ1) is 18.9. The molecule has 27 heavy (non-hydrogen) atoms. The van der Waals surface area contributed by atoms with E-state index in [1.54, 1.807) is 6.92 Å². The summed E-state index contributed by atoms with van der Waals surface area (Å²) in [5.74, 6) is -5.74. The summed E-state index contributed by atoms with van der Waals surface area (Å²) in [4.78, 5) is 0. The Balaban J connectivity index is 2.13. The van der Waals surface area contributed by atoms with Crippen molar-refractivity contribution >= 4 is 10.8 Å². The van der Waals surface area contributed by atoms with Crippen LogP contribution in [0.2, 0.25) is 0 Å². The lowest BCUT2D eigenvalue weighted by Crippen LogP contribution is -2.06. The molecule has 0 aliphatic heterocycles. The molecule has 0 spiro atoms. The van der Waals surface area contributed by atoms with Crippen LogP contribution in [0.5, 0.6) is 11.5 Å². The maximum Gasteiger partial charge on any atom is 0.387 e. The van der Waals surface area contributed by atoms with Gasteiger partial charge in [-0.05, 0) is 30.0 Å². The van der Waals surface area contributed by atoms with Crippen LogP contribution in [0.1, 0.15) is 6.92 Å². The number of benzene rings is 3. The Kier molecular flexibility index (Phi) is 5.16. The molecule has 0 atom stereocenters. The van der Waals surface area contributed by atoms with Crippen molar-refractivity contribution in [1.82, 2.24) is 0 Å². The highest BCUT2D eigenvalue weighted by Gasteiger charge is 2.20. The van der Waals surface area contributed by atoms with E-state index in [0.717, 1.165) is 30.3 Å². The Bertz CT molecular complexity index is 980. The van der Waals surface area contributed by atoms with Gasteiger partial charge in [0.15, 0.2) is 17.4 Å². The molecule has 3 rings (SSSR count). The fraction of sp³-hybridized carbons (Fsp3) is 0.158. The summed E-state index contributed by atoms with van der Waals surface area (Å²) in [6.45, 7) is -1.53. The maximum atomic E-state index is 14.3. The first-order valence-corrected chi connectivity index (χ1v) is 7.80. The van der Waals surface area contributed by atoms with Crippen molar-refractivity contribution in [2.24, 2.45) is 0 Å². The Labute approximate surface area is 149 Å². The number of halogens is 6. The highest BCUT2D eigenvalue weighted by Crippen LogP contribution is 2.35. The van der Waals surface area contributed by atoms with E-state index in [2.05, 4.69) is 4.74 Å². The molecule has 0 saturated heterocycles. The van der Waals surface area contributed by atoms with Gasteiger partial charge in [0.1, 0.15) is 17.4 Å². The van der Waals surface area contributed by atoms with Gasteiger partial charge in [0.2, 0.25) is 0 Å². The van der Waals surface area contributed by atoms with Crippen molar-refractivity contribution in [1.29, 1.82) is 0 Å². The van der Waals surface area contributed by atoms with Crippen LogP contribution in [0.25, 0.3) is 21.9 Å². The number of ether oxygens (including phenoxy) is 2. The molecule has 0 aromatic heterocycles. The van der Waals surface area contributed by atoms with Gasteiger partial charge in [-0.15, -0.1) is 0 Å². The number of hydrogen-bond acceptors (Lipinski definition) is 2. The van der Waals surface area contributed by atoms with E-state index in [4.69, 9.17) is 4.74 Å². The van der Waals surface area contributed by atoms with Crippen molar-refractivity contribution in [2.75, 3.05) is 6.61 Å². The predicted molar refractivity (Wildman–Crippen MR) is 87.0 cm³/mol. The van der Waals surface area contributed by atoms with Crippen LogP contribution in [-0.4, -0.2) is 13.2 Å². The van der Waals surface area contributed by atoms with Crippen LogP contribution in [-0.2, 0) is 0 Å². The predicted octanol–water partition coefficient (Wildman–Crippen LogP) is 6.06. The summed E-state index contributed by atoms with van der Waals surface area (Å²) in [5, 5.41) is -0.306. The lowest BCUT2D eigenvalue weighted by Gasteiger charge is -2.12. The van der Waals surface area contributed by atoms with Crippen LogP contribution >= 0.6 is 0 Å².